The van der Waals surface area contributed by atoms with Gasteiger partial charge in [0.15, 0.2) is 6.66 Å². The van der Waals surface area contributed by atoms with Crippen LogP contribution in [0, 0.1) is 6.92 Å². The highest BCUT2D eigenvalue weighted by molar-refractivity contribution is 7.38. The van der Waals surface area contributed by atoms with Gasteiger partial charge in [0.2, 0.25) is 0 Å². The number of nitrogens with one attached hydrogen (secondary N) is 1. The molecule has 1 fully saturated rings. The molecule has 3 atom stereocenters. The van der Waals surface area contributed by atoms with Gasteiger partial charge >= 0.3 is 13.7 Å². The van der Waals surface area contributed by atoms with Gasteiger partial charge in [-0.15, -0.1) is 4.52 Å². The van der Waals surface area contributed by atoms with Crippen LogP contribution in [0.3, 0.4) is 0 Å². The fraction of sp³-hybridized carbons (Fsp3) is 0.636. The van der Waals surface area contributed by atoms with Crippen LogP contribution in [0.2, 0.25) is 0 Å². The molecule has 1 saturated heterocycles. The number of hydrogen-bond acceptors (Lipinski definition) is 5. The summed E-state index contributed by atoms with van der Waals surface area (Å²) in [4.78, 5) is 25.2. The smallest absolute Gasteiger partial charge is 0.352 e. The predicted molar refractivity (Wildman–Crippen MR) is 68.7 cm³/mol. The zero-order valence-electron chi connectivity index (χ0n) is 10.8. The van der Waals surface area contributed by atoms with E-state index in [9.17, 15) is 14.2 Å². The van der Waals surface area contributed by atoms with Crippen LogP contribution < -0.4 is 11.2 Å². The minimum Gasteiger partial charge on any atom is -0.352 e. The van der Waals surface area contributed by atoms with E-state index in [1.807, 2.05) is 0 Å². The van der Waals surface area contributed by atoms with Crippen molar-refractivity contribution in [1.82, 2.24) is 9.55 Å². The van der Waals surface area contributed by atoms with Crippen molar-refractivity contribution in [3.8, 4) is 0 Å². The molecule has 1 aliphatic rings. The van der Waals surface area contributed by atoms with Crippen LogP contribution in [-0.2, 0) is 13.8 Å². The number of rotatable bonds is 4. The molecule has 0 radical (unpaired) electrons. The molecular formula is C11H16N2O5P+. The number of aryl methyl sites for hydroxylation is 1. The normalized spacial score (nSPS) is 23.6. The first-order valence-electron chi connectivity index (χ1n) is 5.98. The first kappa shape index (κ1) is 14.1. The molecule has 19 heavy (non-hydrogen) atoms. The SMILES string of the molecule is Cc1cn(C2CCC(CO[P+](C)=O)O2)c(=O)[nH]c1=O. The Labute approximate surface area is 110 Å². The lowest BCUT2D eigenvalue weighted by atomic mass is 10.2. The standard InChI is InChI=1S/C11H15N2O5P/c1-7-5-13(11(15)12-10(7)14)9-4-3-8(18-9)6-17-19(2)16/h5,8-9H,3-4,6H2,1-2H3/p+1. The average Bonchev–Trinajstić information content (AvgIpc) is 2.80. The minimum atomic E-state index is -1.65. The topological polar surface area (TPSA) is 90.4 Å². The van der Waals surface area contributed by atoms with Gasteiger partial charge < -0.3 is 4.74 Å². The van der Waals surface area contributed by atoms with Crippen molar-refractivity contribution in [1.29, 1.82) is 0 Å². The molecule has 3 unspecified atom stereocenters. The van der Waals surface area contributed by atoms with E-state index in [1.54, 1.807) is 6.92 Å². The highest BCUT2D eigenvalue weighted by Gasteiger charge is 2.29. The van der Waals surface area contributed by atoms with Gasteiger partial charge in [0, 0.05) is 11.8 Å². The van der Waals surface area contributed by atoms with Gasteiger partial charge in [-0.2, -0.15) is 0 Å². The molecule has 2 heterocycles. The Kier molecular flexibility index (Phi) is 4.29. The lowest BCUT2D eigenvalue weighted by Gasteiger charge is -2.14. The third-order valence-corrected chi connectivity index (χ3v) is 3.50. The third-order valence-electron chi connectivity index (χ3n) is 2.98. The molecule has 0 aliphatic carbocycles. The Morgan fingerprint density at radius 2 is 2.26 bits per heavy atom. The van der Waals surface area contributed by atoms with Crippen LogP contribution >= 0.6 is 8.03 Å². The van der Waals surface area contributed by atoms with E-state index in [0.717, 1.165) is 6.42 Å². The molecule has 2 rings (SSSR count). The highest BCUT2D eigenvalue weighted by atomic mass is 31.1. The van der Waals surface area contributed by atoms with Crippen LogP contribution in [0.4, 0.5) is 0 Å². The van der Waals surface area contributed by atoms with Crippen molar-refractivity contribution in [2.24, 2.45) is 0 Å². The maximum atomic E-state index is 11.7. The van der Waals surface area contributed by atoms with E-state index in [0.29, 0.717) is 12.0 Å². The summed E-state index contributed by atoms with van der Waals surface area (Å²) in [5.74, 6) is 0. The van der Waals surface area contributed by atoms with Crippen molar-refractivity contribution < 1.29 is 13.8 Å². The van der Waals surface area contributed by atoms with Gasteiger partial charge in [-0.1, -0.05) is 0 Å². The summed E-state index contributed by atoms with van der Waals surface area (Å²) in [5, 5.41) is 0. The number of hydrogen-bond donors (Lipinski definition) is 1. The fourth-order valence-corrected chi connectivity index (χ4v) is 2.38. The number of ether oxygens (including phenoxy) is 1. The molecule has 8 heteroatoms. The summed E-state index contributed by atoms with van der Waals surface area (Å²) in [6, 6.07) is 0. The molecule has 0 amide bonds. The molecule has 1 N–H and O–H groups in total. The van der Waals surface area contributed by atoms with Gasteiger partial charge in [-0.05, 0) is 24.3 Å². The maximum absolute atomic E-state index is 11.7. The quantitative estimate of drug-likeness (QED) is 0.831. The molecule has 1 aliphatic heterocycles. The van der Waals surface area contributed by atoms with E-state index in [2.05, 4.69) is 4.98 Å². The van der Waals surface area contributed by atoms with Crippen LogP contribution in [0.1, 0.15) is 24.6 Å². The summed E-state index contributed by atoms with van der Waals surface area (Å²) in [7, 11) is -1.65. The summed E-state index contributed by atoms with van der Waals surface area (Å²) < 4.78 is 22.9. The van der Waals surface area contributed by atoms with E-state index >= 15 is 0 Å². The molecule has 104 valence electrons. The molecule has 1 aromatic rings. The largest absolute Gasteiger partial charge is 0.504 e. The van der Waals surface area contributed by atoms with Gasteiger partial charge in [-0.25, -0.2) is 4.79 Å². The van der Waals surface area contributed by atoms with E-state index in [1.165, 1.54) is 17.4 Å². The maximum Gasteiger partial charge on any atom is 0.504 e. The number of aromatic amines is 1. The second-order valence-corrected chi connectivity index (χ2v) is 5.64. The van der Waals surface area contributed by atoms with Crippen LogP contribution in [0.5, 0.6) is 0 Å². The molecule has 0 aromatic carbocycles. The van der Waals surface area contributed by atoms with E-state index in [4.69, 9.17) is 9.26 Å². The second-order valence-electron chi connectivity index (χ2n) is 4.50. The van der Waals surface area contributed by atoms with Crippen molar-refractivity contribution in [2.75, 3.05) is 13.3 Å². The van der Waals surface area contributed by atoms with Crippen LogP contribution in [-0.4, -0.2) is 28.9 Å². The van der Waals surface area contributed by atoms with Crippen LogP contribution in [0.25, 0.3) is 0 Å². The molecule has 0 bridgehead atoms. The Bertz CT molecular complexity index is 593. The van der Waals surface area contributed by atoms with Gasteiger partial charge in [0.25, 0.3) is 5.56 Å². The zero-order valence-corrected chi connectivity index (χ0v) is 11.7. The third kappa shape index (κ3) is 3.37. The lowest BCUT2D eigenvalue weighted by Crippen LogP contribution is -2.33. The fourth-order valence-electron chi connectivity index (χ4n) is 2.00. The summed E-state index contributed by atoms with van der Waals surface area (Å²) in [6.07, 6.45) is 2.28. The molecule has 7 nitrogen and oxygen atoms in total. The van der Waals surface area contributed by atoms with Crippen molar-refractivity contribution in [2.45, 2.75) is 32.1 Å². The number of aromatic nitrogens is 2. The van der Waals surface area contributed by atoms with Gasteiger partial charge in [-0.3, -0.25) is 14.3 Å². The zero-order chi connectivity index (χ0) is 14.0. The highest BCUT2D eigenvalue weighted by Crippen LogP contribution is 2.29. The number of nitrogens with zero attached hydrogens (tertiary/aromatic N) is 1. The van der Waals surface area contributed by atoms with Crippen molar-refractivity contribution >= 4 is 8.03 Å². The van der Waals surface area contributed by atoms with E-state index < -0.39 is 19.9 Å². The summed E-state index contributed by atoms with van der Waals surface area (Å²) in [5.41, 5.74) is -0.412. The summed E-state index contributed by atoms with van der Waals surface area (Å²) in [6.45, 7) is 3.36. The van der Waals surface area contributed by atoms with Crippen LogP contribution in [0.15, 0.2) is 15.8 Å². The Balaban J connectivity index is 2.09. The predicted octanol–water partition coefficient (Wildman–Crippen LogP) is 0.911. The van der Waals surface area contributed by atoms with Gasteiger partial charge in [0.05, 0.1) is 6.10 Å². The first-order valence-corrected chi connectivity index (χ1v) is 7.61. The molecule has 0 spiro atoms. The van der Waals surface area contributed by atoms with Gasteiger partial charge in [0.1, 0.15) is 12.8 Å². The second kappa shape index (κ2) is 5.77. The number of H-pyrrole nitrogens is 1. The van der Waals surface area contributed by atoms with Crippen molar-refractivity contribution in [3.05, 3.63) is 32.6 Å². The first-order chi connectivity index (χ1) is 8.97. The molecule has 1 aromatic heterocycles. The van der Waals surface area contributed by atoms with E-state index in [-0.39, 0.29) is 18.3 Å². The average molecular weight is 287 g/mol. The molecule has 0 saturated carbocycles. The Morgan fingerprint density at radius 3 is 2.95 bits per heavy atom. The molecular weight excluding hydrogens is 271 g/mol. The van der Waals surface area contributed by atoms with Crippen molar-refractivity contribution in [3.63, 3.8) is 0 Å². The monoisotopic (exact) mass is 287 g/mol. The Morgan fingerprint density at radius 1 is 1.53 bits per heavy atom. The lowest BCUT2D eigenvalue weighted by molar-refractivity contribution is -0.0188. The summed E-state index contributed by atoms with van der Waals surface area (Å²) >= 11 is 0. The minimum absolute atomic E-state index is 0.178. The Hall–Kier alpha value is -1.30.